The van der Waals surface area contributed by atoms with Crippen molar-refractivity contribution in [3.05, 3.63) is 47.0 Å². The third kappa shape index (κ3) is 3.54. The second-order valence-corrected chi connectivity index (χ2v) is 11.8. The van der Waals surface area contributed by atoms with Crippen LogP contribution in [0.2, 0.25) is 0 Å². The van der Waals surface area contributed by atoms with Crippen LogP contribution < -0.4 is 0 Å². The molecule has 35 heavy (non-hydrogen) atoms. The molecule has 3 saturated heterocycles. The highest BCUT2D eigenvalue weighted by molar-refractivity contribution is 5.91. The van der Waals surface area contributed by atoms with Crippen molar-refractivity contribution in [1.29, 1.82) is 0 Å². The van der Waals surface area contributed by atoms with Crippen LogP contribution in [-0.4, -0.2) is 88.3 Å². The van der Waals surface area contributed by atoms with Crippen molar-refractivity contribution in [2.24, 2.45) is 10.8 Å². The summed E-state index contributed by atoms with van der Waals surface area (Å²) in [7, 11) is 1.42. The van der Waals surface area contributed by atoms with E-state index in [1.807, 2.05) is 34.1 Å². The Morgan fingerprint density at radius 3 is 2.23 bits per heavy atom. The van der Waals surface area contributed by atoms with E-state index in [9.17, 15) is 9.59 Å². The summed E-state index contributed by atoms with van der Waals surface area (Å²) in [5, 5.41) is 8.72. The number of carbonyl (C=O) groups is 2. The lowest BCUT2D eigenvalue weighted by Crippen LogP contribution is -2.75. The minimum Gasteiger partial charge on any atom is -0.465 e. The van der Waals surface area contributed by atoms with Crippen LogP contribution in [0.5, 0.6) is 0 Å². The molecule has 2 saturated carbocycles. The van der Waals surface area contributed by atoms with E-state index in [0.29, 0.717) is 22.8 Å². The van der Waals surface area contributed by atoms with Crippen molar-refractivity contribution < 1.29 is 14.3 Å². The van der Waals surface area contributed by atoms with Gasteiger partial charge in [-0.05, 0) is 37.3 Å². The van der Waals surface area contributed by atoms with Gasteiger partial charge in [-0.2, -0.15) is 0 Å². The Balaban J connectivity index is 0.859. The third-order valence-electron chi connectivity index (χ3n) is 8.81. The predicted octanol–water partition coefficient (Wildman–Crippen LogP) is 2.59. The van der Waals surface area contributed by atoms with Crippen LogP contribution in [0.1, 0.15) is 65.1 Å². The zero-order valence-corrected chi connectivity index (χ0v) is 20.2. The molecule has 3 aliphatic heterocycles. The summed E-state index contributed by atoms with van der Waals surface area (Å²) in [6.45, 7) is 6.13. The van der Waals surface area contributed by atoms with E-state index in [4.69, 9.17) is 4.74 Å². The highest BCUT2D eigenvalue weighted by atomic mass is 16.5. The maximum Gasteiger partial charge on any atom is 0.338 e. The molecule has 4 heterocycles. The van der Waals surface area contributed by atoms with E-state index in [1.165, 1.54) is 20.0 Å². The standard InChI is InChI=1S/C26H32N6O3/c1-35-23(33)20-5-3-2-4-18(20)10-30-11-26(12-30)15-32(16-26)24(34)31-13-25(14-31)8-19(9-25)22-27-21(28-29-22)17-6-7-17/h2-5,17,19H,6-16H2,1H3,(H,27,28,29). The maximum absolute atomic E-state index is 13.0. The Morgan fingerprint density at radius 1 is 0.943 bits per heavy atom. The average molecular weight is 477 g/mol. The molecule has 1 aromatic carbocycles. The molecule has 5 aliphatic rings. The predicted molar refractivity (Wildman–Crippen MR) is 127 cm³/mol. The fourth-order valence-corrected chi connectivity index (χ4v) is 6.87. The number of ether oxygens (including phenoxy) is 1. The summed E-state index contributed by atoms with van der Waals surface area (Å²) >= 11 is 0. The highest BCUT2D eigenvalue weighted by Gasteiger charge is 2.58. The Hall–Kier alpha value is -2.94. The number of aromatic amines is 1. The van der Waals surface area contributed by atoms with Crippen molar-refractivity contribution in [1.82, 2.24) is 29.9 Å². The number of carbonyl (C=O) groups excluding carboxylic acids is 2. The quantitative estimate of drug-likeness (QED) is 0.667. The van der Waals surface area contributed by atoms with Gasteiger partial charge in [0.1, 0.15) is 11.6 Å². The lowest BCUT2D eigenvalue weighted by atomic mass is 9.57. The van der Waals surface area contributed by atoms with Crippen LogP contribution in [0.15, 0.2) is 24.3 Å². The molecule has 2 aromatic rings. The molecule has 7 rings (SSSR count). The molecule has 0 unspecified atom stereocenters. The molecular formula is C26H32N6O3. The lowest BCUT2D eigenvalue weighted by Gasteiger charge is -2.63. The molecule has 9 nitrogen and oxygen atoms in total. The number of aromatic nitrogens is 3. The number of esters is 1. The topological polar surface area (TPSA) is 94.7 Å². The zero-order chi connectivity index (χ0) is 23.8. The lowest BCUT2D eigenvalue weighted by molar-refractivity contribution is -0.116. The van der Waals surface area contributed by atoms with Gasteiger partial charge in [0.25, 0.3) is 0 Å². The van der Waals surface area contributed by atoms with E-state index < -0.39 is 0 Å². The number of rotatable bonds is 5. The Bertz CT molecular complexity index is 1160. The van der Waals surface area contributed by atoms with Crippen molar-refractivity contribution in [3.8, 4) is 0 Å². The van der Waals surface area contributed by atoms with Crippen LogP contribution in [0.4, 0.5) is 4.79 Å². The van der Waals surface area contributed by atoms with Gasteiger partial charge in [-0.1, -0.05) is 18.2 Å². The fourth-order valence-electron chi connectivity index (χ4n) is 6.87. The van der Waals surface area contributed by atoms with Crippen LogP contribution in [-0.2, 0) is 11.3 Å². The van der Waals surface area contributed by atoms with Gasteiger partial charge in [0, 0.05) is 68.5 Å². The van der Waals surface area contributed by atoms with Crippen LogP contribution >= 0.6 is 0 Å². The number of amides is 2. The average Bonchev–Trinajstić information content (AvgIpc) is 3.50. The molecule has 2 aliphatic carbocycles. The third-order valence-corrected chi connectivity index (χ3v) is 8.81. The first-order valence-corrected chi connectivity index (χ1v) is 12.8. The normalized spacial score (nSPS) is 24.5. The molecule has 0 radical (unpaired) electrons. The first-order chi connectivity index (χ1) is 16.9. The molecule has 184 valence electrons. The van der Waals surface area contributed by atoms with Gasteiger partial charge < -0.3 is 19.5 Å². The second kappa shape index (κ2) is 7.53. The number of benzene rings is 1. The number of nitrogens with one attached hydrogen (secondary N) is 1. The molecule has 0 bridgehead atoms. The molecule has 5 fully saturated rings. The molecule has 2 spiro atoms. The van der Waals surface area contributed by atoms with E-state index >= 15 is 0 Å². The van der Waals surface area contributed by atoms with Gasteiger partial charge in [0.2, 0.25) is 0 Å². The number of hydrogen-bond acceptors (Lipinski definition) is 6. The van der Waals surface area contributed by atoms with Crippen molar-refractivity contribution in [2.45, 2.75) is 44.1 Å². The van der Waals surface area contributed by atoms with Gasteiger partial charge in [0.05, 0.1) is 12.7 Å². The van der Waals surface area contributed by atoms with E-state index in [0.717, 1.165) is 75.9 Å². The molecular weight excluding hydrogens is 444 g/mol. The summed E-state index contributed by atoms with van der Waals surface area (Å²) in [5.74, 6) is 2.92. The highest BCUT2D eigenvalue weighted by Crippen LogP contribution is 2.56. The number of methoxy groups -OCH3 is 1. The van der Waals surface area contributed by atoms with Crippen molar-refractivity contribution >= 4 is 12.0 Å². The van der Waals surface area contributed by atoms with Gasteiger partial charge in [-0.15, -0.1) is 10.2 Å². The summed E-state index contributed by atoms with van der Waals surface area (Å²) in [5.41, 5.74) is 2.17. The Morgan fingerprint density at radius 2 is 1.57 bits per heavy atom. The number of likely N-dealkylation sites (tertiary alicyclic amines) is 3. The van der Waals surface area contributed by atoms with Gasteiger partial charge in [0.15, 0.2) is 0 Å². The Kier molecular flexibility index (Phi) is 4.59. The minimum atomic E-state index is -0.287. The number of hydrogen-bond donors (Lipinski definition) is 1. The van der Waals surface area contributed by atoms with Gasteiger partial charge in [-0.3, -0.25) is 4.90 Å². The van der Waals surface area contributed by atoms with Crippen molar-refractivity contribution in [3.63, 3.8) is 0 Å². The first kappa shape index (κ1) is 21.4. The van der Waals surface area contributed by atoms with E-state index in [-0.39, 0.29) is 17.4 Å². The number of H-pyrrole nitrogens is 1. The molecule has 0 atom stereocenters. The molecule has 2 amide bonds. The SMILES string of the molecule is COC(=O)c1ccccc1CN1CC2(C1)CN(C(=O)N1CC3(CC(c4nnc(C5CC5)[nH]4)C3)C1)C2. The molecule has 1 aromatic heterocycles. The fraction of sp³-hybridized carbons (Fsp3) is 0.615. The van der Waals surface area contributed by atoms with E-state index in [1.54, 1.807) is 0 Å². The number of nitrogens with zero attached hydrogens (tertiary/aromatic N) is 5. The monoisotopic (exact) mass is 476 g/mol. The summed E-state index contributed by atoms with van der Waals surface area (Å²) in [6, 6.07) is 7.84. The van der Waals surface area contributed by atoms with Crippen LogP contribution in [0, 0.1) is 10.8 Å². The van der Waals surface area contributed by atoms with E-state index in [2.05, 4.69) is 20.1 Å². The van der Waals surface area contributed by atoms with Gasteiger partial charge in [-0.25, -0.2) is 9.59 Å². The number of urea groups is 1. The largest absolute Gasteiger partial charge is 0.465 e. The summed E-state index contributed by atoms with van der Waals surface area (Å²) in [4.78, 5) is 34.9. The molecule has 9 heteroatoms. The maximum atomic E-state index is 13.0. The second-order valence-electron chi connectivity index (χ2n) is 11.8. The smallest absolute Gasteiger partial charge is 0.338 e. The minimum absolute atomic E-state index is 0.204. The van der Waals surface area contributed by atoms with Crippen molar-refractivity contribution in [2.75, 3.05) is 46.4 Å². The van der Waals surface area contributed by atoms with Crippen LogP contribution in [0.25, 0.3) is 0 Å². The summed E-state index contributed by atoms with van der Waals surface area (Å²) < 4.78 is 4.92. The first-order valence-electron chi connectivity index (χ1n) is 12.8. The molecule has 1 N–H and O–H groups in total. The zero-order valence-electron chi connectivity index (χ0n) is 20.2. The van der Waals surface area contributed by atoms with Crippen LogP contribution in [0.3, 0.4) is 0 Å². The van der Waals surface area contributed by atoms with Gasteiger partial charge >= 0.3 is 12.0 Å². The summed E-state index contributed by atoms with van der Waals surface area (Å²) in [6.07, 6.45) is 4.70. The Labute approximate surface area is 204 Å².